The predicted molar refractivity (Wildman–Crippen MR) is 44.6 cm³/mol. The Bertz CT molecular complexity index is 320. The third-order valence-corrected chi connectivity index (χ3v) is 1.58. The normalized spacial score (nSPS) is 8.82. The van der Waals surface area contributed by atoms with Crippen molar-refractivity contribution in [3.8, 4) is 5.75 Å². The summed E-state index contributed by atoms with van der Waals surface area (Å²) >= 11 is 3.17. The molecule has 0 aliphatic carbocycles. The largest absolute Gasteiger partial charge is 0.507 e. The van der Waals surface area contributed by atoms with Crippen molar-refractivity contribution >= 4 is 21.6 Å². The van der Waals surface area contributed by atoms with E-state index >= 15 is 0 Å². The molecule has 11 heavy (non-hydrogen) atoms. The van der Waals surface area contributed by atoms with Crippen molar-refractivity contribution in [3.63, 3.8) is 0 Å². The van der Waals surface area contributed by atoms with Crippen LogP contribution in [0.5, 0.6) is 5.75 Å². The summed E-state index contributed by atoms with van der Waals surface area (Å²) in [6.07, 6.45) is 0. The third-order valence-electron chi connectivity index (χ3n) is 1.09. The number of phenolic OH excluding ortho intramolecular Hbond substituents is 1. The minimum Gasteiger partial charge on any atom is -0.507 e. The predicted octanol–water partition coefficient (Wildman–Crippen LogP) is 3.10. The van der Waals surface area contributed by atoms with E-state index in [9.17, 15) is 0 Å². The van der Waals surface area contributed by atoms with E-state index < -0.39 is 0 Å². The molecule has 0 unspecified atom stereocenters. The van der Waals surface area contributed by atoms with Crippen molar-refractivity contribution in [3.05, 3.63) is 33.1 Å². The summed E-state index contributed by atoms with van der Waals surface area (Å²) in [5.41, 5.74) is 8.29. The van der Waals surface area contributed by atoms with Gasteiger partial charge in [0.05, 0.1) is 5.69 Å². The van der Waals surface area contributed by atoms with Gasteiger partial charge in [-0.1, -0.05) is 21.0 Å². The highest BCUT2D eigenvalue weighted by Crippen LogP contribution is 2.29. The molecule has 1 N–H and O–H groups in total. The van der Waals surface area contributed by atoms with Crippen LogP contribution < -0.4 is 0 Å². The maximum absolute atomic E-state index is 9.08. The molecule has 0 aromatic heterocycles. The molecule has 0 spiro atoms. The van der Waals surface area contributed by atoms with Gasteiger partial charge in [-0.2, -0.15) is 0 Å². The highest BCUT2D eigenvalue weighted by atomic mass is 79.9. The summed E-state index contributed by atoms with van der Waals surface area (Å²) in [5.74, 6) is -0.0222. The topological polar surface area (TPSA) is 69.0 Å². The van der Waals surface area contributed by atoms with E-state index in [4.69, 9.17) is 10.6 Å². The number of nitrogens with zero attached hydrogens (tertiary/aromatic N) is 3. The molecule has 0 heterocycles. The van der Waals surface area contributed by atoms with Gasteiger partial charge >= 0.3 is 0 Å². The molecule has 0 amide bonds. The van der Waals surface area contributed by atoms with Crippen LogP contribution >= 0.6 is 15.9 Å². The quantitative estimate of drug-likeness (QED) is 0.435. The third kappa shape index (κ3) is 1.86. The van der Waals surface area contributed by atoms with Crippen LogP contribution in [0.4, 0.5) is 5.69 Å². The maximum Gasteiger partial charge on any atom is 0.125 e. The molecular weight excluding hydrogens is 210 g/mol. The van der Waals surface area contributed by atoms with E-state index in [0.29, 0.717) is 0 Å². The fourth-order valence-corrected chi connectivity index (χ4v) is 0.974. The van der Waals surface area contributed by atoms with Crippen molar-refractivity contribution in [1.82, 2.24) is 0 Å². The number of phenols is 1. The average Bonchev–Trinajstić information content (AvgIpc) is 1.98. The Morgan fingerprint density at radius 1 is 1.55 bits per heavy atom. The van der Waals surface area contributed by atoms with Crippen LogP contribution in [0.2, 0.25) is 0 Å². The monoisotopic (exact) mass is 213 g/mol. The van der Waals surface area contributed by atoms with E-state index in [-0.39, 0.29) is 11.4 Å². The lowest BCUT2D eigenvalue weighted by molar-refractivity contribution is 0.476. The molecule has 4 nitrogen and oxygen atoms in total. The Morgan fingerprint density at radius 2 is 2.27 bits per heavy atom. The van der Waals surface area contributed by atoms with Crippen molar-refractivity contribution in [2.24, 2.45) is 5.11 Å². The van der Waals surface area contributed by atoms with Gasteiger partial charge in [-0.25, -0.2) is 0 Å². The van der Waals surface area contributed by atoms with Crippen LogP contribution in [0.25, 0.3) is 10.4 Å². The van der Waals surface area contributed by atoms with Crippen LogP contribution in [-0.4, -0.2) is 5.11 Å². The summed E-state index contributed by atoms with van der Waals surface area (Å²) in [4.78, 5) is 2.55. The number of hydrogen-bond acceptors (Lipinski definition) is 2. The van der Waals surface area contributed by atoms with Crippen LogP contribution in [0, 0.1) is 0 Å². The van der Waals surface area contributed by atoms with Crippen molar-refractivity contribution in [1.29, 1.82) is 0 Å². The Morgan fingerprint density at radius 3 is 2.91 bits per heavy atom. The molecule has 0 atom stereocenters. The second-order valence-electron chi connectivity index (χ2n) is 1.82. The van der Waals surface area contributed by atoms with Crippen LogP contribution in [0.15, 0.2) is 27.8 Å². The highest BCUT2D eigenvalue weighted by Gasteiger charge is 1.97. The summed E-state index contributed by atoms with van der Waals surface area (Å²) in [6, 6.07) is 4.65. The SMILES string of the molecule is [N-]=[N+]=Nc1cc(Br)ccc1O. The number of halogens is 1. The fourth-order valence-electron chi connectivity index (χ4n) is 0.625. The van der Waals surface area contributed by atoms with E-state index in [1.807, 2.05) is 0 Å². The Labute approximate surface area is 71.2 Å². The van der Waals surface area contributed by atoms with E-state index in [2.05, 4.69) is 26.0 Å². The second kappa shape index (κ2) is 3.27. The van der Waals surface area contributed by atoms with E-state index in [0.717, 1.165) is 4.47 Å². The van der Waals surface area contributed by atoms with Crippen molar-refractivity contribution in [2.45, 2.75) is 0 Å². The minimum absolute atomic E-state index is 0.0222. The van der Waals surface area contributed by atoms with Crippen molar-refractivity contribution in [2.75, 3.05) is 0 Å². The Kier molecular flexibility index (Phi) is 2.36. The maximum atomic E-state index is 9.08. The summed E-state index contributed by atoms with van der Waals surface area (Å²) < 4.78 is 0.762. The molecule has 1 rings (SSSR count). The smallest absolute Gasteiger partial charge is 0.125 e. The summed E-state index contributed by atoms with van der Waals surface area (Å²) in [5, 5.41) is 12.3. The van der Waals surface area contributed by atoms with Gasteiger partial charge in [0.2, 0.25) is 0 Å². The molecule has 0 radical (unpaired) electrons. The summed E-state index contributed by atoms with van der Waals surface area (Å²) in [7, 11) is 0. The zero-order valence-electron chi connectivity index (χ0n) is 5.40. The molecular formula is C6H4BrN3O. The first-order valence-electron chi connectivity index (χ1n) is 2.77. The van der Waals surface area contributed by atoms with Gasteiger partial charge < -0.3 is 5.11 Å². The van der Waals surface area contributed by atoms with Crippen LogP contribution in [0.3, 0.4) is 0 Å². The number of hydrogen-bond donors (Lipinski definition) is 1. The molecule has 0 fully saturated rings. The van der Waals surface area contributed by atoms with Gasteiger partial charge in [0.15, 0.2) is 0 Å². The number of benzene rings is 1. The first-order valence-corrected chi connectivity index (χ1v) is 3.57. The Balaban J connectivity index is 3.22. The molecule has 56 valence electrons. The molecule has 0 saturated heterocycles. The zero-order chi connectivity index (χ0) is 8.27. The minimum atomic E-state index is -0.0222. The lowest BCUT2D eigenvalue weighted by atomic mass is 10.3. The fraction of sp³-hybridized carbons (Fsp3) is 0. The van der Waals surface area contributed by atoms with Gasteiger partial charge in [0, 0.05) is 9.38 Å². The molecule has 5 heteroatoms. The van der Waals surface area contributed by atoms with Gasteiger partial charge in [0.25, 0.3) is 0 Å². The summed E-state index contributed by atoms with van der Waals surface area (Å²) in [6.45, 7) is 0. The van der Waals surface area contributed by atoms with E-state index in [1.165, 1.54) is 12.1 Å². The molecule has 0 aliphatic heterocycles. The molecule has 0 aliphatic rings. The zero-order valence-corrected chi connectivity index (χ0v) is 6.98. The van der Waals surface area contributed by atoms with Gasteiger partial charge in [-0.15, -0.1) is 0 Å². The van der Waals surface area contributed by atoms with Gasteiger partial charge in [0.1, 0.15) is 5.75 Å². The molecule has 0 saturated carbocycles. The standard InChI is InChI=1S/C6H4BrN3O/c7-4-1-2-6(11)5(3-4)9-10-8/h1-3,11H. The molecule has 1 aromatic rings. The molecule has 1 aromatic carbocycles. The lowest BCUT2D eigenvalue weighted by Crippen LogP contribution is -1.66. The number of aromatic hydroxyl groups is 1. The first-order chi connectivity index (χ1) is 5.24. The van der Waals surface area contributed by atoms with Crippen molar-refractivity contribution < 1.29 is 5.11 Å². The van der Waals surface area contributed by atoms with Gasteiger partial charge in [-0.3, -0.25) is 0 Å². The van der Waals surface area contributed by atoms with Gasteiger partial charge in [-0.05, 0) is 23.7 Å². The number of rotatable bonds is 1. The Hall–Kier alpha value is -1.19. The molecule has 0 bridgehead atoms. The number of azide groups is 1. The second-order valence-corrected chi connectivity index (χ2v) is 2.74. The average molecular weight is 214 g/mol. The first kappa shape index (κ1) is 7.91. The highest BCUT2D eigenvalue weighted by molar-refractivity contribution is 9.10. The van der Waals surface area contributed by atoms with Crippen LogP contribution in [0.1, 0.15) is 0 Å². The lowest BCUT2D eigenvalue weighted by Gasteiger charge is -1.96. The van der Waals surface area contributed by atoms with E-state index in [1.54, 1.807) is 6.07 Å². The van der Waals surface area contributed by atoms with Crippen LogP contribution in [-0.2, 0) is 0 Å².